The Balaban J connectivity index is 1.42. The molecule has 20 heavy (non-hydrogen) atoms. The minimum atomic E-state index is -0.0823. The highest BCUT2D eigenvalue weighted by atomic mass is 16.2. The third-order valence-corrected chi connectivity index (χ3v) is 4.20. The van der Waals surface area contributed by atoms with Gasteiger partial charge in [0.15, 0.2) is 0 Å². The molecule has 2 aliphatic rings. The highest BCUT2D eigenvalue weighted by Crippen LogP contribution is 2.38. The van der Waals surface area contributed by atoms with Crippen molar-refractivity contribution in [2.75, 3.05) is 0 Å². The Labute approximate surface area is 116 Å². The summed E-state index contributed by atoms with van der Waals surface area (Å²) in [5, 5.41) is 17.2. The molecule has 104 valence electrons. The van der Waals surface area contributed by atoms with Gasteiger partial charge in [0.1, 0.15) is 5.69 Å². The number of hydrogen-bond donors (Lipinski definition) is 3. The summed E-state index contributed by atoms with van der Waals surface area (Å²) in [6.45, 7) is 0. The van der Waals surface area contributed by atoms with Crippen LogP contribution in [0, 0.1) is 0 Å². The number of rotatable bonds is 3. The molecule has 2 heterocycles. The second-order valence-corrected chi connectivity index (χ2v) is 5.77. The third-order valence-electron chi connectivity index (χ3n) is 4.20. The van der Waals surface area contributed by atoms with Crippen LogP contribution in [0.5, 0.6) is 0 Å². The molecular formula is C14H17N5O. The lowest BCUT2D eigenvalue weighted by Gasteiger charge is -2.22. The zero-order chi connectivity index (χ0) is 13.5. The lowest BCUT2D eigenvalue weighted by Crippen LogP contribution is -2.39. The molecule has 2 aliphatic carbocycles. The van der Waals surface area contributed by atoms with Crippen LogP contribution in [0.15, 0.2) is 12.3 Å². The van der Waals surface area contributed by atoms with Crippen molar-refractivity contribution in [3.05, 3.63) is 34.9 Å². The van der Waals surface area contributed by atoms with Crippen molar-refractivity contribution >= 4 is 5.91 Å². The van der Waals surface area contributed by atoms with E-state index in [-0.39, 0.29) is 11.9 Å². The van der Waals surface area contributed by atoms with E-state index in [1.807, 2.05) is 12.3 Å². The average molecular weight is 271 g/mol. The summed E-state index contributed by atoms with van der Waals surface area (Å²) in [4.78, 5) is 12.2. The van der Waals surface area contributed by atoms with E-state index >= 15 is 0 Å². The first-order valence-corrected chi connectivity index (χ1v) is 7.17. The van der Waals surface area contributed by atoms with Crippen molar-refractivity contribution in [3.63, 3.8) is 0 Å². The van der Waals surface area contributed by atoms with Gasteiger partial charge in [0, 0.05) is 29.8 Å². The minimum Gasteiger partial charge on any atom is -0.348 e. The Morgan fingerprint density at radius 2 is 2.20 bits per heavy atom. The molecule has 1 saturated carbocycles. The normalized spacial score (nSPS) is 21.5. The number of carbonyl (C=O) groups is 1. The number of aromatic nitrogens is 4. The Bertz CT molecular complexity index is 640. The maximum absolute atomic E-state index is 12.2. The molecule has 6 heteroatoms. The lowest BCUT2D eigenvalue weighted by atomic mass is 9.94. The first-order valence-electron chi connectivity index (χ1n) is 7.17. The lowest BCUT2D eigenvalue weighted by molar-refractivity contribution is 0.0928. The summed E-state index contributed by atoms with van der Waals surface area (Å²) in [5.41, 5.74) is 4.01. The van der Waals surface area contributed by atoms with Gasteiger partial charge < -0.3 is 5.32 Å². The van der Waals surface area contributed by atoms with Crippen molar-refractivity contribution in [3.8, 4) is 0 Å². The number of hydrogen-bond acceptors (Lipinski definition) is 3. The van der Waals surface area contributed by atoms with Crippen molar-refractivity contribution in [1.82, 2.24) is 25.7 Å². The van der Waals surface area contributed by atoms with Crippen LogP contribution in [-0.2, 0) is 12.8 Å². The number of nitrogens with zero attached hydrogens (tertiary/aromatic N) is 2. The molecule has 0 aliphatic heterocycles. The smallest absolute Gasteiger partial charge is 0.272 e. The molecule has 0 radical (unpaired) electrons. The molecule has 4 rings (SSSR count). The van der Waals surface area contributed by atoms with E-state index in [4.69, 9.17) is 0 Å². The fraction of sp³-hybridized carbons (Fsp3) is 0.500. The van der Waals surface area contributed by atoms with E-state index in [2.05, 4.69) is 25.7 Å². The van der Waals surface area contributed by atoms with Gasteiger partial charge >= 0.3 is 0 Å². The van der Waals surface area contributed by atoms with Crippen LogP contribution < -0.4 is 5.32 Å². The highest BCUT2D eigenvalue weighted by Gasteiger charge is 2.27. The molecule has 0 saturated heterocycles. The number of aryl methyl sites for hydroxylation is 1. The van der Waals surface area contributed by atoms with Crippen LogP contribution in [0.25, 0.3) is 0 Å². The summed E-state index contributed by atoms with van der Waals surface area (Å²) >= 11 is 0. The molecule has 0 aromatic carbocycles. The second kappa shape index (κ2) is 4.47. The fourth-order valence-electron chi connectivity index (χ4n) is 2.85. The monoisotopic (exact) mass is 271 g/mol. The molecule has 1 fully saturated rings. The van der Waals surface area contributed by atoms with Crippen LogP contribution in [0.2, 0.25) is 0 Å². The van der Waals surface area contributed by atoms with Crippen LogP contribution in [-0.4, -0.2) is 32.3 Å². The van der Waals surface area contributed by atoms with E-state index in [0.29, 0.717) is 11.6 Å². The Kier molecular flexibility index (Phi) is 2.61. The maximum atomic E-state index is 12.2. The predicted octanol–water partition coefficient (Wildman–Crippen LogP) is 1.30. The molecule has 0 spiro atoms. The molecule has 0 bridgehead atoms. The summed E-state index contributed by atoms with van der Waals surface area (Å²) in [7, 11) is 0. The molecular weight excluding hydrogens is 254 g/mol. The minimum absolute atomic E-state index is 0.0823. The number of aromatic amines is 2. The van der Waals surface area contributed by atoms with Gasteiger partial charge in [-0.05, 0) is 37.3 Å². The Hall–Kier alpha value is -2.11. The topological polar surface area (TPSA) is 86.5 Å². The number of nitrogens with one attached hydrogen (secondary N) is 3. The van der Waals surface area contributed by atoms with Gasteiger partial charge in [0.2, 0.25) is 0 Å². The summed E-state index contributed by atoms with van der Waals surface area (Å²) in [6, 6.07) is 2.05. The van der Waals surface area contributed by atoms with Gasteiger partial charge in [-0.2, -0.15) is 10.2 Å². The highest BCUT2D eigenvalue weighted by molar-refractivity contribution is 5.92. The zero-order valence-corrected chi connectivity index (χ0v) is 11.1. The van der Waals surface area contributed by atoms with Crippen LogP contribution >= 0.6 is 0 Å². The van der Waals surface area contributed by atoms with Gasteiger partial charge in [-0.15, -0.1) is 0 Å². The molecule has 0 unspecified atom stereocenters. The Morgan fingerprint density at radius 1 is 1.30 bits per heavy atom. The first kappa shape index (κ1) is 11.7. The number of amides is 1. The Morgan fingerprint density at radius 3 is 3.05 bits per heavy atom. The fourth-order valence-corrected chi connectivity index (χ4v) is 2.85. The first-order chi connectivity index (χ1) is 9.79. The SMILES string of the molecule is O=C(N[C@@H]1CCc2cn[nH]c2C1)c1cc(C2CC2)[nH]n1. The molecule has 2 aromatic rings. The largest absolute Gasteiger partial charge is 0.348 e. The van der Waals surface area contributed by atoms with Crippen molar-refractivity contribution < 1.29 is 4.79 Å². The molecule has 2 aromatic heterocycles. The maximum Gasteiger partial charge on any atom is 0.272 e. The molecule has 3 N–H and O–H groups in total. The van der Waals surface area contributed by atoms with Crippen LogP contribution in [0.4, 0.5) is 0 Å². The van der Waals surface area contributed by atoms with Crippen molar-refractivity contribution in [2.24, 2.45) is 0 Å². The van der Waals surface area contributed by atoms with Crippen LogP contribution in [0.1, 0.15) is 52.6 Å². The molecule has 6 nitrogen and oxygen atoms in total. The molecule has 1 amide bonds. The van der Waals surface area contributed by atoms with Gasteiger partial charge in [-0.3, -0.25) is 15.0 Å². The standard InChI is InChI=1S/C14H17N5O/c20-14(13-6-12(18-19-13)8-1-2-8)16-10-4-3-9-7-15-17-11(9)5-10/h6-8,10H,1-5H2,(H,15,17)(H,16,20)(H,18,19)/t10-/m1/s1. The van der Waals surface area contributed by atoms with E-state index in [9.17, 15) is 4.79 Å². The van der Waals surface area contributed by atoms with Gasteiger partial charge in [-0.1, -0.05) is 0 Å². The van der Waals surface area contributed by atoms with E-state index in [1.165, 1.54) is 18.4 Å². The molecule has 1 atom stereocenters. The van der Waals surface area contributed by atoms with E-state index in [0.717, 1.165) is 30.7 Å². The predicted molar refractivity (Wildman–Crippen MR) is 72.4 cm³/mol. The zero-order valence-electron chi connectivity index (χ0n) is 11.1. The summed E-state index contributed by atoms with van der Waals surface area (Å²) in [6.07, 6.45) is 7.02. The van der Waals surface area contributed by atoms with Gasteiger partial charge in [0.05, 0.1) is 6.20 Å². The van der Waals surface area contributed by atoms with E-state index < -0.39 is 0 Å². The summed E-state index contributed by atoms with van der Waals surface area (Å²) < 4.78 is 0. The number of carbonyl (C=O) groups excluding carboxylic acids is 1. The number of H-pyrrole nitrogens is 2. The van der Waals surface area contributed by atoms with Gasteiger partial charge in [0.25, 0.3) is 5.91 Å². The van der Waals surface area contributed by atoms with Crippen molar-refractivity contribution in [1.29, 1.82) is 0 Å². The summed E-state index contributed by atoms with van der Waals surface area (Å²) in [5.74, 6) is 0.507. The van der Waals surface area contributed by atoms with Gasteiger partial charge in [-0.25, -0.2) is 0 Å². The number of fused-ring (bicyclic) bond motifs is 1. The van der Waals surface area contributed by atoms with Crippen molar-refractivity contribution in [2.45, 2.75) is 44.1 Å². The average Bonchev–Trinajstić information content (AvgIpc) is 3.01. The second-order valence-electron chi connectivity index (χ2n) is 5.77. The quantitative estimate of drug-likeness (QED) is 0.786. The van der Waals surface area contributed by atoms with E-state index in [1.54, 1.807) is 0 Å². The third kappa shape index (κ3) is 2.11. The van der Waals surface area contributed by atoms with Crippen LogP contribution in [0.3, 0.4) is 0 Å².